The average molecular weight is 466 g/mol. The normalized spacial score (nSPS) is 24.5. The number of hydrogen-bond donors (Lipinski definition) is 4. The number of carbonyl (C=O) groups excluding carboxylic acids is 1. The number of sulfonamides is 1. The zero-order valence-electron chi connectivity index (χ0n) is 17.7. The Kier molecular flexibility index (Phi) is 6.95. The molecule has 2 aliphatic heterocycles. The van der Waals surface area contributed by atoms with Gasteiger partial charge >= 0.3 is 6.09 Å². The number of rotatable bonds is 0. The molecule has 1 saturated carbocycles. The number of aromatic amines is 1. The lowest BCUT2D eigenvalue weighted by atomic mass is 10.0. The molecule has 3 heterocycles. The van der Waals surface area contributed by atoms with Crippen LogP contribution < -0.4 is 15.4 Å². The Bertz CT molecular complexity index is 1060. The number of aromatic nitrogens is 2. The van der Waals surface area contributed by atoms with Crippen molar-refractivity contribution in [2.24, 2.45) is 0 Å². The van der Waals surface area contributed by atoms with Gasteiger partial charge in [0.25, 0.3) is 0 Å². The summed E-state index contributed by atoms with van der Waals surface area (Å²) in [6.07, 6.45) is 4.87. The summed E-state index contributed by atoms with van der Waals surface area (Å²) in [5.74, 6) is -0.0889. The first kappa shape index (κ1) is 22.5. The van der Waals surface area contributed by atoms with E-state index in [1.54, 1.807) is 6.07 Å². The predicted octanol–water partition coefficient (Wildman–Crippen LogP) is 3.51. The largest absolute Gasteiger partial charge is 0.446 e. The van der Waals surface area contributed by atoms with Crippen molar-refractivity contribution in [1.82, 2.24) is 20.2 Å². The van der Waals surface area contributed by atoms with E-state index in [0.717, 1.165) is 43.9 Å². The number of H-pyrrole nitrogens is 1. The Balaban J connectivity index is 1.51. The molecule has 1 fully saturated rings. The quantitative estimate of drug-likeness (QED) is 0.472. The van der Waals surface area contributed by atoms with Crippen molar-refractivity contribution in [2.75, 3.05) is 18.4 Å². The van der Waals surface area contributed by atoms with Crippen LogP contribution in [0.3, 0.4) is 0 Å². The fourth-order valence-electron chi connectivity index (χ4n) is 4.12. The highest BCUT2D eigenvalue weighted by Gasteiger charge is 2.30. The van der Waals surface area contributed by atoms with Crippen molar-refractivity contribution in [3.8, 4) is 0 Å². The van der Waals surface area contributed by atoms with Crippen LogP contribution in [0.15, 0.2) is 29.2 Å². The molecule has 1 aliphatic carbocycles. The van der Waals surface area contributed by atoms with Crippen LogP contribution in [0.4, 0.5) is 20.7 Å². The van der Waals surface area contributed by atoms with Gasteiger partial charge in [-0.3, -0.25) is 5.10 Å². The minimum Gasteiger partial charge on any atom is -0.446 e. The molecule has 174 valence electrons. The summed E-state index contributed by atoms with van der Waals surface area (Å²) >= 11 is 0. The molecule has 6 bridgehead atoms. The molecule has 2 atom stereocenters. The topological polar surface area (TPSA) is 125 Å². The first-order valence-corrected chi connectivity index (χ1v) is 12.4. The van der Waals surface area contributed by atoms with Crippen LogP contribution >= 0.6 is 0 Å². The molecule has 1 aromatic heterocycles. The Labute approximate surface area is 186 Å². The van der Waals surface area contributed by atoms with E-state index in [4.69, 9.17) is 4.74 Å². The zero-order valence-corrected chi connectivity index (χ0v) is 18.5. The summed E-state index contributed by atoms with van der Waals surface area (Å²) in [4.78, 5) is 11.9. The van der Waals surface area contributed by atoms with E-state index in [1.165, 1.54) is 12.1 Å². The zero-order chi connectivity index (χ0) is 22.6. The van der Waals surface area contributed by atoms with Gasteiger partial charge in [0.1, 0.15) is 11.9 Å². The van der Waals surface area contributed by atoms with E-state index in [-0.39, 0.29) is 29.1 Å². The van der Waals surface area contributed by atoms with E-state index in [9.17, 15) is 17.6 Å². The van der Waals surface area contributed by atoms with Crippen LogP contribution in [0, 0.1) is 5.82 Å². The molecule has 0 radical (unpaired) electrons. The van der Waals surface area contributed by atoms with Crippen molar-refractivity contribution in [3.05, 3.63) is 35.8 Å². The third kappa shape index (κ3) is 5.57. The highest BCUT2D eigenvalue weighted by atomic mass is 32.2. The number of anilines is 2. The molecule has 1 aromatic carbocycles. The van der Waals surface area contributed by atoms with Gasteiger partial charge < -0.3 is 15.4 Å². The molecule has 11 heteroatoms. The molecule has 4 N–H and O–H groups in total. The van der Waals surface area contributed by atoms with E-state index in [0.29, 0.717) is 25.2 Å². The molecule has 3 aliphatic rings. The maximum atomic E-state index is 14.6. The lowest BCUT2D eigenvalue weighted by molar-refractivity contribution is 0.100. The highest BCUT2D eigenvalue weighted by Crippen LogP contribution is 2.36. The lowest BCUT2D eigenvalue weighted by Crippen LogP contribution is -2.28. The summed E-state index contributed by atoms with van der Waals surface area (Å²) in [5.41, 5.74) is 1.01. The fourth-order valence-corrected chi connectivity index (χ4v) is 5.20. The number of hydrogen-bond acceptors (Lipinski definition) is 6. The maximum Gasteiger partial charge on any atom is 0.407 e. The van der Waals surface area contributed by atoms with Crippen LogP contribution in [0.2, 0.25) is 0 Å². The molecular formula is C21H28FN5O4S. The van der Waals surface area contributed by atoms with Crippen LogP contribution in [0.1, 0.15) is 56.6 Å². The van der Waals surface area contributed by atoms with E-state index in [2.05, 4.69) is 25.6 Å². The van der Waals surface area contributed by atoms with Crippen LogP contribution in [-0.4, -0.2) is 43.9 Å². The molecule has 9 nitrogen and oxygen atoms in total. The van der Waals surface area contributed by atoms with Gasteiger partial charge in [-0.05, 0) is 50.3 Å². The first-order valence-electron chi connectivity index (χ1n) is 11.0. The van der Waals surface area contributed by atoms with Gasteiger partial charge in [0, 0.05) is 30.8 Å². The minimum atomic E-state index is -3.80. The Morgan fingerprint density at radius 2 is 1.88 bits per heavy atom. The monoisotopic (exact) mass is 465 g/mol. The number of carbonyl (C=O) groups is 1. The smallest absolute Gasteiger partial charge is 0.407 e. The van der Waals surface area contributed by atoms with E-state index >= 15 is 0 Å². The van der Waals surface area contributed by atoms with Crippen molar-refractivity contribution < 1.29 is 22.3 Å². The Morgan fingerprint density at radius 3 is 2.69 bits per heavy atom. The number of benzene rings is 1. The standard InChI is InChI=1S/C21H28FN5O4S/c22-17-12-16-7-8-18(17)25-20-13-19(26-27-20)14-5-6-15(11-14)31-21(28)23-9-3-1-2-4-10-24-32(16,29)30/h7-8,12-15,24H,1-6,9-11H2,(H,23,28)(H2,25,26,27)/t14-,15+/m1/s1. The second-order valence-electron chi connectivity index (χ2n) is 8.25. The number of ether oxygens (including phenoxy) is 1. The van der Waals surface area contributed by atoms with Crippen LogP contribution in [0.25, 0.3) is 0 Å². The van der Waals surface area contributed by atoms with E-state index < -0.39 is 21.9 Å². The summed E-state index contributed by atoms with van der Waals surface area (Å²) in [6.45, 7) is 0.778. The summed E-state index contributed by atoms with van der Waals surface area (Å²) in [5, 5.41) is 12.8. The Morgan fingerprint density at radius 1 is 1.06 bits per heavy atom. The molecule has 0 saturated heterocycles. The number of alkyl carbamates (subject to hydrolysis) is 1. The number of fused-ring (bicyclic) bond motifs is 12. The van der Waals surface area contributed by atoms with Crippen LogP contribution in [-0.2, 0) is 14.8 Å². The summed E-state index contributed by atoms with van der Waals surface area (Å²) in [6, 6.07) is 5.56. The molecule has 0 unspecified atom stereocenters. The number of amides is 1. The van der Waals surface area contributed by atoms with Gasteiger partial charge in [-0.25, -0.2) is 22.3 Å². The third-order valence-electron chi connectivity index (χ3n) is 5.87. The predicted molar refractivity (Wildman–Crippen MR) is 117 cm³/mol. The third-order valence-corrected chi connectivity index (χ3v) is 7.33. The minimum absolute atomic E-state index is 0.120. The van der Waals surface area contributed by atoms with Crippen molar-refractivity contribution in [3.63, 3.8) is 0 Å². The SMILES string of the molecule is O=C1NCCCCCCNS(=O)(=O)c2ccc(c(F)c2)Nc2cc([nH]n2)[C@@H]2CC[C@@H](C2)O1. The first-order chi connectivity index (χ1) is 15.4. The second kappa shape index (κ2) is 9.86. The number of nitrogens with one attached hydrogen (secondary N) is 4. The van der Waals surface area contributed by atoms with Gasteiger partial charge in [0.2, 0.25) is 10.0 Å². The molecule has 5 rings (SSSR count). The Hall–Kier alpha value is -2.66. The van der Waals surface area contributed by atoms with Gasteiger partial charge in [0.05, 0.1) is 10.6 Å². The van der Waals surface area contributed by atoms with Gasteiger partial charge in [-0.1, -0.05) is 12.8 Å². The molecule has 0 spiro atoms. The van der Waals surface area contributed by atoms with Gasteiger partial charge in [0.15, 0.2) is 5.82 Å². The fraction of sp³-hybridized carbons (Fsp3) is 0.524. The summed E-state index contributed by atoms with van der Waals surface area (Å²) < 4.78 is 47.5. The number of halogens is 1. The summed E-state index contributed by atoms with van der Waals surface area (Å²) in [7, 11) is -3.80. The van der Waals surface area contributed by atoms with Crippen molar-refractivity contribution in [1.29, 1.82) is 0 Å². The maximum absolute atomic E-state index is 14.6. The highest BCUT2D eigenvalue weighted by molar-refractivity contribution is 7.89. The van der Waals surface area contributed by atoms with Crippen molar-refractivity contribution in [2.45, 2.75) is 61.9 Å². The van der Waals surface area contributed by atoms with E-state index in [1.807, 2.05) is 0 Å². The van der Waals surface area contributed by atoms with Gasteiger partial charge in [-0.15, -0.1) is 0 Å². The molecular weight excluding hydrogens is 437 g/mol. The lowest BCUT2D eigenvalue weighted by Gasteiger charge is -2.13. The molecule has 1 amide bonds. The van der Waals surface area contributed by atoms with Crippen LogP contribution in [0.5, 0.6) is 0 Å². The molecule has 2 aromatic rings. The molecule has 32 heavy (non-hydrogen) atoms. The second-order valence-corrected chi connectivity index (χ2v) is 10.0. The average Bonchev–Trinajstić information content (AvgIpc) is 3.40. The number of nitrogens with zero attached hydrogens (tertiary/aromatic N) is 1. The van der Waals surface area contributed by atoms with Crippen molar-refractivity contribution >= 4 is 27.6 Å². The van der Waals surface area contributed by atoms with Gasteiger partial charge in [-0.2, -0.15) is 5.10 Å².